The van der Waals surface area contributed by atoms with Gasteiger partial charge in [0.15, 0.2) is 5.65 Å². The van der Waals surface area contributed by atoms with E-state index >= 15 is 0 Å². The van der Waals surface area contributed by atoms with Crippen LogP contribution < -0.4 is 15.2 Å². The highest BCUT2D eigenvalue weighted by molar-refractivity contribution is 5.81. The van der Waals surface area contributed by atoms with Crippen LogP contribution in [-0.4, -0.2) is 63.5 Å². The molecule has 1 aliphatic heterocycles. The minimum absolute atomic E-state index is 0.110. The fraction of sp³-hybridized carbons (Fsp3) is 0.471. The number of aryl methyl sites for hydroxylation is 1. The first kappa shape index (κ1) is 29.7. The summed E-state index contributed by atoms with van der Waals surface area (Å²) in [6.45, 7) is 4.30. The van der Waals surface area contributed by atoms with Crippen LogP contribution in [0.3, 0.4) is 0 Å². The molecule has 3 heterocycles. The zero-order valence-corrected chi connectivity index (χ0v) is 25.9. The number of benzene rings is 2. The van der Waals surface area contributed by atoms with Crippen molar-refractivity contribution in [3.8, 4) is 17.1 Å². The summed E-state index contributed by atoms with van der Waals surface area (Å²) in [5, 5.41) is 5.37. The van der Waals surface area contributed by atoms with Gasteiger partial charge in [-0.15, -0.1) is 0 Å². The molecule has 1 saturated carbocycles. The lowest BCUT2D eigenvalue weighted by Crippen LogP contribution is -2.45. The minimum Gasteiger partial charge on any atom is -0.493 e. The maximum absolute atomic E-state index is 13.4. The quantitative estimate of drug-likeness (QED) is 0.265. The molecule has 2 aliphatic rings. The van der Waals surface area contributed by atoms with Crippen molar-refractivity contribution in [2.45, 2.75) is 70.4 Å². The number of carbonyl (C=O) groups is 1. The molecule has 6 rings (SSSR count). The molecule has 10 nitrogen and oxygen atoms in total. The number of rotatable bonds is 8. The zero-order chi connectivity index (χ0) is 30.6. The van der Waals surface area contributed by atoms with Crippen molar-refractivity contribution < 1.29 is 14.3 Å². The molecule has 1 N–H and O–H groups in total. The normalized spacial score (nSPS) is 16.3. The third kappa shape index (κ3) is 6.16. The SMILES string of the molecule is CCOc1cc(N2CCC(N(C)C(=O)OCc3ccccc3)CC2)ccc1-c1nc2c(c(C3CCCCC3)nn2C)c(=O)[nH]1. The molecule has 2 aromatic carbocycles. The van der Waals surface area contributed by atoms with E-state index in [2.05, 4.69) is 16.0 Å². The Hall–Kier alpha value is -4.34. The predicted octanol–water partition coefficient (Wildman–Crippen LogP) is 6.01. The molecule has 0 radical (unpaired) electrons. The lowest BCUT2D eigenvalue weighted by atomic mass is 9.86. The second-order valence-electron chi connectivity index (χ2n) is 11.9. The summed E-state index contributed by atoms with van der Waals surface area (Å²) in [5.74, 6) is 1.46. The first-order valence-corrected chi connectivity index (χ1v) is 15.9. The molecule has 1 aliphatic carbocycles. The summed E-state index contributed by atoms with van der Waals surface area (Å²) < 4.78 is 13.4. The summed E-state index contributed by atoms with van der Waals surface area (Å²) in [7, 11) is 3.68. The Morgan fingerprint density at radius 3 is 2.52 bits per heavy atom. The Morgan fingerprint density at radius 2 is 1.80 bits per heavy atom. The van der Waals surface area contributed by atoms with E-state index < -0.39 is 0 Å². The molecule has 2 fully saturated rings. The van der Waals surface area contributed by atoms with Crippen LogP contribution in [0.5, 0.6) is 5.75 Å². The van der Waals surface area contributed by atoms with E-state index in [4.69, 9.17) is 19.6 Å². The molecule has 0 bridgehead atoms. The van der Waals surface area contributed by atoms with Crippen molar-refractivity contribution in [1.29, 1.82) is 0 Å². The minimum atomic E-state index is -0.298. The molecule has 1 saturated heterocycles. The molecule has 0 spiro atoms. The van der Waals surface area contributed by atoms with Crippen molar-refractivity contribution >= 4 is 22.8 Å². The van der Waals surface area contributed by atoms with Crippen molar-refractivity contribution in [2.24, 2.45) is 7.05 Å². The molecule has 232 valence electrons. The van der Waals surface area contributed by atoms with Gasteiger partial charge < -0.3 is 24.3 Å². The fourth-order valence-electron chi connectivity index (χ4n) is 6.63. The summed E-state index contributed by atoms with van der Waals surface area (Å²) in [6, 6.07) is 15.9. The molecular weight excluding hydrogens is 556 g/mol. The maximum Gasteiger partial charge on any atom is 0.410 e. The Balaban J connectivity index is 1.16. The lowest BCUT2D eigenvalue weighted by molar-refractivity contribution is 0.0862. The van der Waals surface area contributed by atoms with E-state index in [1.54, 1.807) is 9.58 Å². The van der Waals surface area contributed by atoms with Crippen LogP contribution in [0.2, 0.25) is 0 Å². The number of hydrogen-bond donors (Lipinski definition) is 1. The number of carbonyl (C=O) groups excluding carboxylic acids is 1. The van der Waals surface area contributed by atoms with E-state index in [9.17, 15) is 9.59 Å². The average Bonchev–Trinajstić information content (AvgIpc) is 3.41. The zero-order valence-electron chi connectivity index (χ0n) is 25.9. The van der Waals surface area contributed by atoms with Gasteiger partial charge in [-0.25, -0.2) is 14.5 Å². The van der Waals surface area contributed by atoms with Gasteiger partial charge in [0, 0.05) is 50.9 Å². The first-order chi connectivity index (χ1) is 21.4. The molecule has 0 atom stereocenters. The Kier molecular flexibility index (Phi) is 8.86. The van der Waals surface area contributed by atoms with Crippen LogP contribution in [0.15, 0.2) is 53.3 Å². The molecule has 0 unspecified atom stereocenters. The largest absolute Gasteiger partial charge is 0.493 e. The van der Waals surface area contributed by atoms with Gasteiger partial charge in [0.2, 0.25) is 0 Å². The van der Waals surface area contributed by atoms with Gasteiger partial charge in [0.05, 0.1) is 17.9 Å². The van der Waals surface area contributed by atoms with Gasteiger partial charge in [-0.05, 0) is 50.3 Å². The first-order valence-electron chi connectivity index (χ1n) is 15.9. The highest BCUT2D eigenvalue weighted by Gasteiger charge is 2.28. The number of aromatic amines is 1. The van der Waals surface area contributed by atoms with E-state index in [0.717, 1.165) is 61.3 Å². The molecule has 1 amide bonds. The van der Waals surface area contributed by atoms with E-state index in [0.29, 0.717) is 35.1 Å². The van der Waals surface area contributed by atoms with Gasteiger partial charge >= 0.3 is 6.09 Å². The van der Waals surface area contributed by atoms with Crippen molar-refractivity contribution in [1.82, 2.24) is 24.6 Å². The van der Waals surface area contributed by atoms with E-state index in [1.165, 1.54) is 19.3 Å². The standard InChI is InChI=1S/C34H42N6O4/c1-4-43-28-21-26(40-19-17-25(18-20-40)38(2)34(42)44-22-23-11-7-5-8-12-23)15-16-27(28)31-35-32-29(33(41)36-31)30(37-39(32)3)24-13-9-6-10-14-24/h5,7-8,11-12,15-16,21,24-25H,4,6,9-10,13-14,17-20,22H2,1-3H3,(H,35,36,41). The number of piperidine rings is 1. The van der Waals surface area contributed by atoms with E-state index in [1.807, 2.05) is 63.5 Å². The number of nitrogens with one attached hydrogen (secondary N) is 1. The van der Waals surface area contributed by atoms with Crippen molar-refractivity contribution in [3.05, 3.63) is 70.1 Å². The summed E-state index contributed by atoms with van der Waals surface area (Å²) in [4.78, 5) is 38.1. The van der Waals surface area contributed by atoms with Gasteiger partial charge in [-0.1, -0.05) is 49.6 Å². The average molecular weight is 599 g/mol. The smallest absolute Gasteiger partial charge is 0.410 e. The van der Waals surface area contributed by atoms with E-state index in [-0.39, 0.29) is 24.3 Å². The van der Waals surface area contributed by atoms with Crippen LogP contribution in [0.1, 0.15) is 69.0 Å². The fourth-order valence-corrected chi connectivity index (χ4v) is 6.63. The molecule has 10 heteroatoms. The topological polar surface area (TPSA) is 106 Å². The predicted molar refractivity (Wildman–Crippen MR) is 171 cm³/mol. The molecular formula is C34H42N6O4. The number of H-pyrrole nitrogens is 1. The number of amides is 1. The second-order valence-corrected chi connectivity index (χ2v) is 11.9. The van der Waals surface area contributed by atoms with Crippen LogP contribution in [0, 0.1) is 0 Å². The Labute approximate surface area is 258 Å². The number of hydrogen-bond acceptors (Lipinski definition) is 7. The highest BCUT2D eigenvalue weighted by Crippen LogP contribution is 2.36. The highest BCUT2D eigenvalue weighted by atomic mass is 16.6. The lowest BCUT2D eigenvalue weighted by Gasteiger charge is -2.37. The van der Waals surface area contributed by atoms with Crippen molar-refractivity contribution in [3.63, 3.8) is 0 Å². The molecule has 44 heavy (non-hydrogen) atoms. The Bertz CT molecular complexity index is 1650. The number of fused-ring (bicyclic) bond motifs is 1. The second kappa shape index (κ2) is 13.1. The van der Waals surface area contributed by atoms with Crippen LogP contribution in [-0.2, 0) is 18.4 Å². The third-order valence-electron chi connectivity index (χ3n) is 9.10. The van der Waals surface area contributed by atoms with Gasteiger partial charge in [0.25, 0.3) is 5.56 Å². The van der Waals surface area contributed by atoms with Crippen LogP contribution in [0.4, 0.5) is 10.5 Å². The summed E-state index contributed by atoms with van der Waals surface area (Å²) in [6.07, 6.45) is 7.08. The van der Waals surface area contributed by atoms with Gasteiger partial charge in [-0.2, -0.15) is 5.10 Å². The molecule has 2 aromatic heterocycles. The number of nitrogens with zero attached hydrogens (tertiary/aromatic N) is 5. The van der Waals surface area contributed by atoms with Gasteiger partial charge in [0.1, 0.15) is 23.6 Å². The maximum atomic E-state index is 13.4. The third-order valence-corrected chi connectivity index (χ3v) is 9.10. The number of anilines is 1. The number of aromatic nitrogens is 4. The molecule has 4 aromatic rings. The summed E-state index contributed by atoms with van der Waals surface area (Å²) in [5.41, 5.74) is 4.07. The monoisotopic (exact) mass is 598 g/mol. The van der Waals surface area contributed by atoms with Gasteiger partial charge in [-0.3, -0.25) is 4.79 Å². The Morgan fingerprint density at radius 1 is 1.05 bits per heavy atom. The van der Waals surface area contributed by atoms with Crippen molar-refractivity contribution in [2.75, 3.05) is 31.6 Å². The van der Waals surface area contributed by atoms with Crippen LogP contribution in [0.25, 0.3) is 22.4 Å². The van der Waals surface area contributed by atoms with Crippen LogP contribution >= 0.6 is 0 Å². The summed E-state index contributed by atoms with van der Waals surface area (Å²) >= 11 is 0. The number of ether oxygens (including phenoxy) is 2.